The van der Waals surface area contributed by atoms with Gasteiger partial charge in [0.15, 0.2) is 0 Å². The van der Waals surface area contributed by atoms with Crippen molar-refractivity contribution >= 4 is 11.6 Å². The van der Waals surface area contributed by atoms with Gasteiger partial charge in [0, 0.05) is 5.69 Å². The van der Waals surface area contributed by atoms with Gasteiger partial charge in [-0.1, -0.05) is 13.3 Å². The standard InChI is InChI=1S/C14H19N3O/c1-3-4-9-17(2)11-14(18)16-13-7-5-12(10-15)6-8-13/h5-8H,3-4,9,11H2,1-2H3,(H,16,18). The number of nitrogens with one attached hydrogen (secondary N) is 1. The fourth-order valence-corrected chi connectivity index (χ4v) is 1.58. The van der Waals surface area contributed by atoms with Gasteiger partial charge in [0.05, 0.1) is 18.2 Å². The van der Waals surface area contributed by atoms with Crippen molar-refractivity contribution in [1.82, 2.24) is 4.90 Å². The summed E-state index contributed by atoms with van der Waals surface area (Å²) >= 11 is 0. The van der Waals surface area contributed by atoms with Crippen molar-refractivity contribution in [3.63, 3.8) is 0 Å². The molecule has 0 aliphatic rings. The lowest BCUT2D eigenvalue weighted by Gasteiger charge is -2.15. The number of hydrogen-bond donors (Lipinski definition) is 1. The maximum absolute atomic E-state index is 11.7. The Labute approximate surface area is 108 Å². The highest BCUT2D eigenvalue weighted by molar-refractivity contribution is 5.92. The molecule has 1 aromatic carbocycles. The van der Waals surface area contributed by atoms with Crippen molar-refractivity contribution in [1.29, 1.82) is 5.26 Å². The zero-order chi connectivity index (χ0) is 13.4. The van der Waals surface area contributed by atoms with Crippen molar-refractivity contribution in [2.45, 2.75) is 19.8 Å². The molecule has 0 aromatic heterocycles. The summed E-state index contributed by atoms with van der Waals surface area (Å²) < 4.78 is 0. The number of amides is 1. The SMILES string of the molecule is CCCCN(C)CC(=O)Nc1ccc(C#N)cc1. The van der Waals surface area contributed by atoms with Gasteiger partial charge >= 0.3 is 0 Å². The molecule has 0 unspecified atom stereocenters. The molecule has 96 valence electrons. The van der Waals surface area contributed by atoms with E-state index in [0.717, 1.165) is 25.1 Å². The average Bonchev–Trinajstić information content (AvgIpc) is 2.37. The number of likely N-dealkylation sites (N-methyl/N-ethyl adjacent to an activating group) is 1. The van der Waals surface area contributed by atoms with Crippen LogP contribution in [0.15, 0.2) is 24.3 Å². The second-order valence-electron chi connectivity index (χ2n) is 4.33. The Kier molecular flexibility index (Phi) is 5.89. The van der Waals surface area contributed by atoms with Gasteiger partial charge in [-0.2, -0.15) is 5.26 Å². The number of benzene rings is 1. The van der Waals surface area contributed by atoms with Crippen molar-refractivity contribution in [3.05, 3.63) is 29.8 Å². The molecule has 0 saturated heterocycles. The lowest BCUT2D eigenvalue weighted by atomic mass is 10.2. The lowest BCUT2D eigenvalue weighted by molar-refractivity contribution is -0.117. The van der Waals surface area contributed by atoms with Crippen LogP contribution in [0, 0.1) is 11.3 Å². The van der Waals surface area contributed by atoms with E-state index in [2.05, 4.69) is 12.2 Å². The fraction of sp³-hybridized carbons (Fsp3) is 0.429. The minimum absolute atomic E-state index is 0.0293. The van der Waals surface area contributed by atoms with Crippen LogP contribution in [-0.2, 0) is 4.79 Å². The van der Waals surface area contributed by atoms with E-state index >= 15 is 0 Å². The fourth-order valence-electron chi connectivity index (χ4n) is 1.58. The predicted octanol–water partition coefficient (Wildman–Crippen LogP) is 2.23. The van der Waals surface area contributed by atoms with Crippen LogP contribution < -0.4 is 5.32 Å². The van der Waals surface area contributed by atoms with Crippen LogP contribution in [0.3, 0.4) is 0 Å². The summed E-state index contributed by atoms with van der Waals surface area (Å²) in [6.45, 7) is 3.45. The van der Waals surface area contributed by atoms with Crippen LogP contribution in [-0.4, -0.2) is 30.9 Å². The molecule has 18 heavy (non-hydrogen) atoms. The average molecular weight is 245 g/mol. The second-order valence-corrected chi connectivity index (χ2v) is 4.33. The van der Waals surface area contributed by atoms with Gasteiger partial charge in [-0.05, 0) is 44.3 Å². The molecule has 0 fully saturated rings. The van der Waals surface area contributed by atoms with Gasteiger partial charge in [-0.15, -0.1) is 0 Å². The number of carbonyl (C=O) groups is 1. The normalized spacial score (nSPS) is 10.1. The molecule has 1 amide bonds. The molecule has 1 N–H and O–H groups in total. The maximum atomic E-state index is 11.7. The third-order valence-electron chi connectivity index (χ3n) is 2.60. The molecule has 0 atom stereocenters. The minimum Gasteiger partial charge on any atom is -0.325 e. The predicted molar refractivity (Wildman–Crippen MR) is 72.2 cm³/mol. The van der Waals surface area contributed by atoms with Crippen LogP contribution in [0.25, 0.3) is 0 Å². The van der Waals surface area contributed by atoms with Crippen molar-refractivity contribution in [3.8, 4) is 6.07 Å². The summed E-state index contributed by atoms with van der Waals surface area (Å²) in [6.07, 6.45) is 2.22. The smallest absolute Gasteiger partial charge is 0.238 e. The highest BCUT2D eigenvalue weighted by Crippen LogP contribution is 2.08. The summed E-state index contributed by atoms with van der Waals surface area (Å²) in [4.78, 5) is 13.7. The van der Waals surface area contributed by atoms with Crippen molar-refractivity contribution in [2.75, 3.05) is 25.5 Å². The topological polar surface area (TPSA) is 56.1 Å². The van der Waals surface area contributed by atoms with E-state index in [1.165, 1.54) is 0 Å². The molecule has 0 bridgehead atoms. The Morgan fingerprint density at radius 3 is 2.61 bits per heavy atom. The number of anilines is 1. The van der Waals surface area contributed by atoms with Gasteiger partial charge in [0.25, 0.3) is 0 Å². The van der Waals surface area contributed by atoms with E-state index < -0.39 is 0 Å². The first-order valence-corrected chi connectivity index (χ1v) is 6.14. The van der Waals surface area contributed by atoms with Gasteiger partial charge in [-0.3, -0.25) is 9.69 Å². The molecule has 0 heterocycles. The molecule has 0 spiro atoms. The maximum Gasteiger partial charge on any atom is 0.238 e. The summed E-state index contributed by atoms with van der Waals surface area (Å²) in [6, 6.07) is 8.90. The van der Waals surface area contributed by atoms with Gasteiger partial charge in [0.1, 0.15) is 0 Å². The zero-order valence-electron chi connectivity index (χ0n) is 10.9. The molecule has 0 aliphatic heterocycles. The monoisotopic (exact) mass is 245 g/mol. The Balaban J connectivity index is 2.41. The van der Waals surface area contributed by atoms with Crippen molar-refractivity contribution in [2.24, 2.45) is 0 Å². The van der Waals surface area contributed by atoms with Gasteiger partial charge in [0.2, 0.25) is 5.91 Å². The first-order chi connectivity index (χ1) is 8.65. The van der Waals surface area contributed by atoms with Crippen LogP contribution in [0.1, 0.15) is 25.3 Å². The number of unbranched alkanes of at least 4 members (excludes halogenated alkanes) is 1. The Morgan fingerprint density at radius 1 is 1.39 bits per heavy atom. The van der Waals surface area contributed by atoms with E-state index in [4.69, 9.17) is 5.26 Å². The van der Waals surface area contributed by atoms with E-state index in [9.17, 15) is 4.79 Å². The third-order valence-corrected chi connectivity index (χ3v) is 2.60. The Hall–Kier alpha value is -1.86. The molecule has 4 heteroatoms. The van der Waals surface area contributed by atoms with E-state index in [1.54, 1.807) is 24.3 Å². The molecule has 4 nitrogen and oxygen atoms in total. The molecule has 0 aliphatic carbocycles. The number of nitriles is 1. The zero-order valence-corrected chi connectivity index (χ0v) is 10.9. The van der Waals surface area contributed by atoms with E-state index in [1.807, 2.05) is 18.0 Å². The van der Waals surface area contributed by atoms with Crippen LogP contribution in [0.5, 0.6) is 0 Å². The first kappa shape index (κ1) is 14.2. The number of hydrogen-bond acceptors (Lipinski definition) is 3. The molecular formula is C14H19N3O. The molecule has 0 saturated carbocycles. The molecule has 1 rings (SSSR count). The second kappa shape index (κ2) is 7.46. The van der Waals surface area contributed by atoms with Crippen LogP contribution >= 0.6 is 0 Å². The summed E-state index contributed by atoms with van der Waals surface area (Å²) in [5, 5.41) is 11.5. The Morgan fingerprint density at radius 2 is 2.06 bits per heavy atom. The summed E-state index contributed by atoms with van der Waals surface area (Å²) in [7, 11) is 1.94. The summed E-state index contributed by atoms with van der Waals surface area (Å²) in [5.41, 5.74) is 1.32. The van der Waals surface area contributed by atoms with Crippen molar-refractivity contribution < 1.29 is 4.79 Å². The highest BCUT2D eigenvalue weighted by Gasteiger charge is 2.06. The summed E-state index contributed by atoms with van der Waals surface area (Å²) in [5.74, 6) is -0.0293. The van der Waals surface area contributed by atoms with Crippen LogP contribution in [0.2, 0.25) is 0 Å². The lowest BCUT2D eigenvalue weighted by Crippen LogP contribution is -2.30. The number of carbonyl (C=O) groups excluding carboxylic acids is 1. The minimum atomic E-state index is -0.0293. The number of nitrogens with zero attached hydrogens (tertiary/aromatic N) is 2. The first-order valence-electron chi connectivity index (χ1n) is 6.14. The molecule has 0 radical (unpaired) electrons. The van der Waals surface area contributed by atoms with Gasteiger partial charge in [-0.25, -0.2) is 0 Å². The van der Waals surface area contributed by atoms with Crippen LogP contribution in [0.4, 0.5) is 5.69 Å². The van der Waals surface area contributed by atoms with E-state index in [0.29, 0.717) is 12.1 Å². The molecular weight excluding hydrogens is 226 g/mol. The Bertz CT molecular complexity index is 420. The highest BCUT2D eigenvalue weighted by atomic mass is 16.2. The van der Waals surface area contributed by atoms with E-state index in [-0.39, 0.29) is 5.91 Å². The third kappa shape index (κ3) is 4.98. The largest absolute Gasteiger partial charge is 0.325 e. The quantitative estimate of drug-likeness (QED) is 0.836. The van der Waals surface area contributed by atoms with Gasteiger partial charge < -0.3 is 5.32 Å². The number of rotatable bonds is 6. The molecule has 1 aromatic rings.